The van der Waals surface area contributed by atoms with Gasteiger partial charge in [-0.15, -0.1) is 0 Å². The van der Waals surface area contributed by atoms with E-state index in [0.29, 0.717) is 12.2 Å². The smallest absolute Gasteiger partial charge is 0.338 e. The van der Waals surface area contributed by atoms with Crippen LogP contribution in [0.2, 0.25) is 0 Å². The fraction of sp³-hybridized carbons (Fsp3) is 0.429. The summed E-state index contributed by atoms with van der Waals surface area (Å²) in [6, 6.07) is 10.3. The number of aliphatic imine (C=N–C) groups is 1. The second kappa shape index (κ2) is 9.41. The van der Waals surface area contributed by atoms with Gasteiger partial charge < -0.3 is 19.8 Å². The SMILES string of the molecule is CN(C(=O)c1ccc2c(c1)C(N1C=C(C(=O)O)C=NC1)CC2(C)C)C1CCN(c2ccncc2)CC1. The molecule has 1 aromatic heterocycles. The molecule has 1 fully saturated rings. The minimum atomic E-state index is -0.985. The largest absolute Gasteiger partial charge is 0.478 e. The van der Waals surface area contributed by atoms with Crippen molar-refractivity contribution in [3.05, 3.63) is 71.2 Å². The summed E-state index contributed by atoms with van der Waals surface area (Å²) in [6.45, 7) is 6.61. The van der Waals surface area contributed by atoms with Gasteiger partial charge in [-0.25, -0.2) is 4.79 Å². The Balaban J connectivity index is 1.33. The van der Waals surface area contributed by atoms with Crippen LogP contribution in [-0.4, -0.2) is 70.8 Å². The minimum Gasteiger partial charge on any atom is -0.478 e. The quantitative estimate of drug-likeness (QED) is 0.689. The molecule has 0 saturated carbocycles. The Morgan fingerprint density at radius 1 is 1.11 bits per heavy atom. The van der Waals surface area contributed by atoms with E-state index in [-0.39, 0.29) is 29.0 Å². The van der Waals surface area contributed by atoms with Gasteiger partial charge in [-0.2, -0.15) is 0 Å². The second-order valence-electron chi connectivity index (χ2n) is 10.6. The van der Waals surface area contributed by atoms with Crippen molar-refractivity contribution in [2.45, 2.75) is 50.6 Å². The molecular formula is C28H33N5O3. The molecule has 0 spiro atoms. The van der Waals surface area contributed by atoms with E-state index >= 15 is 0 Å². The molecule has 2 aromatic rings. The van der Waals surface area contributed by atoms with Gasteiger partial charge in [-0.05, 0) is 60.1 Å². The summed E-state index contributed by atoms with van der Waals surface area (Å²) in [5.41, 5.74) is 4.25. The number of anilines is 1. The van der Waals surface area contributed by atoms with E-state index in [4.69, 9.17) is 0 Å². The average molecular weight is 488 g/mol. The van der Waals surface area contributed by atoms with Crippen LogP contribution in [-0.2, 0) is 10.2 Å². The summed E-state index contributed by atoms with van der Waals surface area (Å²) in [7, 11) is 1.91. The summed E-state index contributed by atoms with van der Waals surface area (Å²) < 4.78 is 0. The van der Waals surface area contributed by atoms with Crippen LogP contribution in [0.15, 0.2) is 59.5 Å². The maximum Gasteiger partial charge on any atom is 0.338 e. The van der Waals surface area contributed by atoms with Crippen LogP contribution in [0.5, 0.6) is 0 Å². The molecular weight excluding hydrogens is 454 g/mol. The summed E-state index contributed by atoms with van der Waals surface area (Å²) in [4.78, 5) is 39.7. The van der Waals surface area contributed by atoms with Crippen molar-refractivity contribution in [3.63, 3.8) is 0 Å². The number of carbonyl (C=O) groups is 2. The van der Waals surface area contributed by atoms with Crippen molar-refractivity contribution in [2.24, 2.45) is 4.99 Å². The molecule has 0 bridgehead atoms. The zero-order valence-corrected chi connectivity index (χ0v) is 21.1. The first-order valence-corrected chi connectivity index (χ1v) is 12.5. The Morgan fingerprint density at radius 3 is 2.53 bits per heavy atom. The third-order valence-electron chi connectivity index (χ3n) is 7.88. The minimum absolute atomic E-state index is 0.0246. The molecule has 3 heterocycles. The third kappa shape index (κ3) is 4.47. The van der Waals surface area contributed by atoms with Gasteiger partial charge in [0.1, 0.15) is 6.67 Å². The number of aromatic nitrogens is 1. The predicted molar refractivity (Wildman–Crippen MR) is 139 cm³/mol. The Labute approximate surface area is 211 Å². The van der Waals surface area contributed by atoms with Crippen molar-refractivity contribution in [3.8, 4) is 0 Å². The lowest BCUT2D eigenvalue weighted by molar-refractivity contribution is -0.132. The molecule has 0 radical (unpaired) electrons. The van der Waals surface area contributed by atoms with E-state index in [2.05, 4.69) is 34.8 Å². The molecule has 188 valence electrons. The molecule has 36 heavy (non-hydrogen) atoms. The van der Waals surface area contributed by atoms with Crippen LogP contribution >= 0.6 is 0 Å². The first-order valence-electron chi connectivity index (χ1n) is 12.5. The zero-order valence-electron chi connectivity index (χ0n) is 21.1. The highest BCUT2D eigenvalue weighted by atomic mass is 16.4. The molecule has 1 unspecified atom stereocenters. The summed E-state index contributed by atoms with van der Waals surface area (Å²) in [5, 5.41) is 9.44. The predicted octanol–water partition coefficient (Wildman–Crippen LogP) is 3.86. The maximum atomic E-state index is 13.6. The number of aliphatic carboxylic acids is 1. The van der Waals surface area contributed by atoms with Gasteiger partial charge in [-0.1, -0.05) is 19.9 Å². The molecule has 8 nitrogen and oxygen atoms in total. The van der Waals surface area contributed by atoms with Gasteiger partial charge in [0.05, 0.1) is 11.6 Å². The molecule has 5 rings (SSSR count). The van der Waals surface area contributed by atoms with Gasteiger partial charge >= 0.3 is 5.97 Å². The van der Waals surface area contributed by atoms with Crippen LogP contribution in [0.25, 0.3) is 0 Å². The molecule has 1 aromatic carbocycles. The monoisotopic (exact) mass is 487 g/mol. The first-order chi connectivity index (χ1) is 17.2. The normalized spacial score (nSPS) is 21.2. The summed E-state index contributed by atoms with van der Waals surface area (Å²) in [5.74, 6) is -0.955. The number of carboxylic acids is 1. The lowest BCUT2D eigenvalue weighted by Crippen LogP contribution is -2.45. The molecule has 1 saturated heterocycles. The van der Waals surface area contributed by atoms with Crippen molar-refractivity contribution in [2.75, 3.05) is 31.7 Å². The number of amides is 1. The number of carboxylic acid groups (broad SMARTS) is 1. The second-order valence-corrected chi connectivity index (χ2v) is 10.6. The van der Waals surface area contributed by atoms with Gasteiger partial charge in [-0.3, -0.25) is 14.8 Å². The van der Waals surface area contributed by atoms with E-state index in [1.54, 1.807) is 6.20 Å². The van der Waals surface area contributed by atoms with Crippen molar-refractivity contribution >= 4 is 23.8 Å². The molecule has 1 amide bonds. The Morgan fingerprint density at radius 2 is 1.83 bits per heavy atom. The lowest BCUT2D eigenvalue weighted by Gasteiger charge is -2.38. The fourth-order valence-electron chi connectivity index (χ4n) is 5.81. The zero-order chi connectivity index (χ0) is 25.4. The third-order valence-corrected chi connectivity index (χ3v) is 7.88. The van der Waals surface area contributed by atoms with Gasteiger partial charge in [0.2, 0.25) is 0 Å². The number of benzene rings is 1. The Bertz CT molecular complexity index is 1210. The maximum absolute atomic E-state index is 13.6. The molecule has 1 atom stereocenters. The van der Waals surface area contributed by atoms with E-state index in [0.717, 1.165) is 37.9 Å². The number of carbonyl (C=O) groups excluding carboxylic acids is 1. The van der Waals surface area contributed by atoms with Crippen molar-refractivity contribution in [1.29, 1.82) is 0 Å². The number of nitrogens with zero attached hydrogens (tertiary/aromatic N) is 5. The highest BCUT2D eigenvalue weighted by Crippen LogP contribution is 2.48. The number of pyridine rings is 1. The molecule has 2 aliphatic heterocycles. The van der Waals surface area contributed by atoms with E-state index < -0.39 is 5.97 Å². The van der Waals surface area contributed by atoms with Gasteiger partial charge in [0.15, 0.2) is 0 Å². The van der Waals surface area contributed by atoms with Gasteiger partial charge in [0.25, 0.3) is 5.91 Å². The van der Waals surface area contributed by atoms with Crippen LogP contribution in [0, 0.1) is 0 Å². The van der Waals surface area contributed by atoms with E-state index in [9.17, 15) is 14.7 Å². The topological polar surface area (TPSA) is 89.3 Å². The number of rotatable bonds is 5. The number of piperidine rings is 1. The Hall–Kier alpha value is -3.68. The standard InChI is InChI=1S/C28H33N5O3/c1-28(2)15-25(33-17-20(27(35)36)16-30-18-33)23-14-19(4-5-24(23)28)26(34)31(3)21-8-12-32(13-9-21)22-6-10-29-11-7-22/h4-7,10-11,14,16-17,21,25H,8-9,12-13,15,18H2,1-3H3,(H,35,36). The summed E-state index contributed by atoms with van der Waals surface area (Å²) >= 11 is 0. The first kappa shape index (κ1) is 24.0. The highest BCUT2D eigenvalue weighted by Gasteiger charge is 2.40. The molecule has 1 N–H and O–H groups in total. The van der Waals surface area contributed by atoms with Crippen LogP contribution in [0.3, 0.4) is 0 Å². The highest BCUT2D eigenvalue weighted by molar-refractivity contribution is 6.08. The number of fused-ring (bicyclic) bond motifs is 1. The number of hydrogen-bond acceptors (Lipinski definition) is 6. The Kier molecular flexibility index (Phi) is 6.28. The molecule has 3 aliphatic rings. The van der Waals surface area contributed by atoms with E-state index in [1.807, 2.05) is 53.5 Å². The summed E-state index contributed by atoms with van der Waals surface area (Å²) in [6.07, 6.45) is 9.39. The van der Waals surface area contributed by atoms with E-state index in [1.165, 1.54) is 17.5 Å². The average Bonchev–Trinajstić information content (AvgIpc) is 3.18. The van der Waals surface area contributed by atoms with Crippen molar-refractivity contribution in [1.82, 2.24) is 14.8 Å². The van der Waals surface area contributed by atoms with Crippen LogP contribution in [0.4, 0.5) is 5.69 Å². The number of hydrogen-bond donors (Lipinski definition) is 1. The fourth-order valence-corrected chi connectivity index (χ4v) is 5.81. The molecule has 1 aliphatic carbocycles. The molecule has 8 heteroatoms. The van der Waals surface area contributed by atoms with Crippen molar-refractivity contribution < 1.29 is 14.7 Å². The van der Waals surface area contributed by atoms with Crippen LogP contribution in [0.1, 0.15) is 60.6 Å². The van der Waals surface area contributed by atoms with Gasteiger partial charge in [0, 0.05) is 62.2 Å². The van der Waals surface area contributed by atoms with Crippen LogP contribution < -0.4 is 4.90 Å². The lowest BCUT2D eigenvalue weighted by atomic mass is 9.86.